The number of hydrogen-bond donors (Lipinski definition) is 2. The molecule has 19 heavy (non-hydrogen) atoms. The van der Waals surface area contributed by atoms with Crippen molar-refractivity contribution in [3.63, 3.8) is 0 Å². The van der Waals surface area contributed by atoms with Gasteiger partial charge in [0.1, 0.15) is 0 Å². The van der Waals surface area contributed by atoms with Crippen LogP contribution in [0, 0.1) is 10.1 Å². The Labute approximate surface area is 107 Å². The number of amides is 1. The van der Waals surface area contributed by atoms with Gasteiger partial charge in [-0.15, -0.1) is 5.10 Å². The quantitative estimate of drug-likeness (QED) is 0.485. The third kappa shape index (κ3) is 2.80. The number of non-ortho nitro benzene ring substituents is 1. The Morgan fingerprint density at radius 3 is 2.79 bits per heavy atom. The van der Waals surface area contributed by atoms with Crippen molar-refractivity contribution in [1.82, 2.24) is 10.2 Å². The third-order valence-electron chi connectivity index (χ3n) is 2.31. The van der Waals surface area contributed by atoms with Crippen LogP contribution in [0.4, 0.5) is 17.2 Å². The summed E-state index contributed by atoms with van der Waals surface area (Å²) in [4.78, 5) is 22.0. The molecule has 96 valence electrons. The summed E-state index contributed by atoms with van der Waals surface area (Å²) in [5.41, 5.74) is 5.57. The van der Waals surface area contributed by atoms with E-state index in [1.807, 2.05) is 0 Å². The van der Waals surface area contributed by atoms with Gasteiger partial charge in [-0.25, -0.2) is 0 Å². The number of nitrogens with two attached hydrogens (primary N) is 1. The van der Waals surface area contributed by atoms with E-state index < -0.39 is 10.8 Å². The number of hydrogen-bond acceptors (Lipinski definition) is 6. The molecule has 0 radical (unpaired) electrons. The van der Waals surface area contributed by atoms with E-state index in [-0.39, 0.29) is 22.8 Å². The summed E-state index contributed by atoms with van der Waals surface area (Å²) >= 11 is 0. The van der Waals surface area contributed by atoms with Crippen LogP contribution in [0.2, 0.25) is 0 Å². The van der Waals surface area contributed by atoms with Crippen LogP contribution >= 0.6 is 0 Å². The van der Waals surface area contributed by atoms with E-state index in [4.69, 9.17) is 5.73 Å². The molecule has 2 rings (SSSR count). The van der Waals surface area contributed by atoms with Gasteiger partial charge < -0.3 is 11.1 Å². The smallest absolute Gasteiger partial charge is 0.270 e. The van der Waals surface area contributed by atoms with Gasteiger partial charge >= 0.3 is 0 Å². The van der Waals surface area contributed by atoms with Gasteiger partial charge in [0.15, 0.2) is 5.82 Å². The number of carbonyl (C=O) groups is 1. The standard InChI is InChI=1S/C11H9N5O3/c12-9-4-3-7(16(18)19)6-8(9)11(17)14-10-2-1-5-13-15-10/h1-6H,12H2,(H,14,15,17). The molecule has 8 heteroatoms. The van der Waals surface area contributed by atoms with Crippen LogP contribution in [0.15, 0.2) is 36.5 Å². The van der Waals surface area contributed by atoms with Gasteiger partial charge in [0.25, 0.3) is 11.6 Å². The van der Waals surface area contributed by atoms with Crippen molar-refractivity contribution in [3.8, 4) is 0 Å². The van der Waals surface area contributed by atoms with Crippen LogP contribution < -0.4 is 11.1 Å². The number of nitrogen functional groups attached to an aromatic ring is 1. The van der Waals surface area contributed by atoms with Gasteiger partial charge in [0.2, 0.25) is 0 Å². The summed E-state index contributed by atoms with van der Waals surface area (Å²) in [7, 11) is 0. The first-order valence-electron chi connectivity index (χ1n) is 5.21. The molecule has 0 aliphatic carbocycles. The highest BCUT2D eigenvalue weighted by Gasteiger charge is 2.15. The van der Waals surface area contributed by atoms with Gasteiger partial charge in [0.05, 0.1) is 10.5 Å². The topological polar surface area (TPSA) is 124 Å². The van der Waals surface area contributed by atoms with Crippen molar-refractivity contribution >= 4 is 23.1 Å². The molecule has 0 bridgehead atoms. The number of aromatic nitrogens is 2. The van der Waals surface area contributed by atoms with Gasteiger partial charge in [-0.3, -0.25) is 14.9 Å². The molecule has 0 fully saturated rings. The lowest BCUT2D eigenvalue weighted by atomic mass is 10.1. The molecule has 0 spiro atoms. The van der Waals surface area contributed by atoms with Gasteiger partial charge in [-0.05, 0) is 18.2 Å². The van der Waals surface area contributed by atoms with Crippen molar-refractivity contribution in [2.45, 2.75) is 0 Å². The van der Waals surface area contributed by atoms with Crippen molar-refractivity contribution < 1.29 is 9.72 Å². The molecular weight excluding hydrogens is 250 g/mol. The maximum atomic E-state index is 11.9. The van der Waals surface area contributed by atoms with Crippen LogP contribution in [0.3, 0.4) is 0 Å². The number of rotatable bonds is 3. The highest BCUT2D eigenvalue weighted by atomic mass is 16.6. The number of anilines is 2. The minimum absolute atomic E-state index is 0.0138. The number of carbonyl (C=O) groups excluding carboxylic acids is 1. The lowest BCUT2D eigenvalue weighted by Crippen LogP contribution is -2.15. The second kappa shape index (κ2) is 5.08. The van der Waals surface area contributed by atoms with Crippen molar-refractivity contribution in [2.75, 3.05) is 11.1 Å². The summed E-state index contributed by atoms with van der Waals surface area (Å²) < 4.78 is 0. The molecule has 1 aromatic carbocycles. The highest BCUT2D eigenvalue weighted by Crippen LogP contribution is 2.20. The summed E-state index contributed by atoms with van der Waals surface area (Å²) in [6.45, 7) is 0. The average molecular weight is 259 g/mol. The van der Waals surface area contributed by atoms with Gasteiger partial charge in [-0.2, -0.15) is 5.10 Å². The summed E-state index contributed by atoms with van der Waals surface area (Å²) in [6.07, 6.45) is 1.46. The van der Waals surface area contributed by atoms with Crippen LogP contribution in [0.25, 0.3) is 0 Å². The fourth-order valence-corrected chi connectivity index (χ4v) is 1.41. The second-order valence-electron chi connectivity index (χ2n) is 3.59. The molecule has 0 atom stereocenters. The largest absolute Gasteiger partial charge is 0.398 e. The Hall–Kier alpha value is -3.03. The number of nitro benzene ring substituents is 1. The van der Waals surface area contributed by atoms with Crippen LogP contribution in [0.5, 0.6) is 0 Å². The summed E-state index contributed by atoms with van der Waals surface area (Å²) in [6, 6.07) is 6.79. The minimum atomic E-state index is -0.599. The second-order valence-corrected chi connectivity index (χ2v) is 3.59. The first kappa shape index (κ1) is 12.4. The van der Waals surface area contributed by atoms with E-state index in [9.17, 15) is 14.9 Å². The van der Waals surface area contributed by atoms with E-state index in [1.165, 1.54) is 18.3 Å². The summed E-state index contributed by atoms with van der Waals surface area (Å²) in [5, 5.41) is 20.4. The first-order chi connectivity index (χ1) is 9.08. The van der Waals surface area contributed by atoms with Crippen LogP contribution in [-0.2, 0) is 0 Å². The Bertz CT molecular complexity index is 629. The predicted molar refractivity (Wildman–Crippen MR) is 67.5 cm³/mol. The normalized spacial score (nSPS) is 9.89. The van der Waals surface area contributed by atoms with Crippen LogP contribution in [0.1, 0.15) is 10.4 Å². The Balaban J connectivity index is 2.28. The average Bonchev–Trinajstić information content (AvgIpc) is 2.40. The lowest BCUT2D eigenvalue weighted by molar-refractivity contribution is -0.384. The van der Waals surface area contributed by atoms with E-state index in [2.05, 4.69) is 15.5 Å². The number of benzene rings is 1. The zero-order valence-electron chi connectivity index (χ0n) is 9.61. The van der Waals surface area contributed by atoms with Crippen molar-refractivity contribution in [3.05, 3.63) is 52.2 Å². The molecule has 1 heterocycles. The fourth-order valence-electron chi connectivity index (χ4n) is 1.41. The molecule has 1 amide bonds. The van der Waals surface area contributed by atoms with E-state index in [0.29, 0.717) is 0 Å². The number of nitrogens with one attached hydrogen (secondary N) is 1. The third-order valence-corrected chi connectivity index (χ3v) is 2.31. The van der Waals surface area contributed by atoms with Crippen molar-refractivity contribution in [2.24, 2.45) is 0 Å². The molecular formula is C11H9N5O3. The molecule has 1 aromatic heterocycles. The molecule has 0 aliphatic rings. The SMILES string of the molecule is Nc1ccc([N+](=O)[O-])cc1C(=O)Nc1cccnn1. The molecule has 2 aromatic rings. The van der Waals surface area contributed by atoms with E-state index in [0.717, 1.165) is 6.07 Å². The van der Waals surface area contributed by atoms with Crippen LogP contribution in [-0.4, -0.2) is 21.0 Å². The molecule has 3 N–H and O–H groups in total. The minimum Gasteiger partial charge on any atom is -0.398 e. The molecule has 0 saturated carbocycles. The Morgan fingerprint density at radius 2 is 2.16 bits per heavy atom. The highest BCUT2D eigenvalue weighted by molar-refractivity contribution is 6.07. The fraction of sp³-hybridized carbons (Fsp3) is 0. The zero-order chi connectivity index (χ0) is 13.8. The van der Waals surface area contributed by atoms with Gasteiger partial charge in [-0.1, -0.05) is 0 Å². The molecule has 8 nitrogen and oxygen atoms in total. The maximum Gasteiger partial charge on any atom is 0.270 e. The van der Waals surface area contributed by atoms with E-state index >= 15 is 0 Å². The Morgan fingerprint density at radius 1 is 1.37 bits per heavy atom. The molecule has 0 unspecified atom stereocenters. The zero-order valence-corrected chi connectivity index (χ0v) is 9.61. The Kier molecular flexibility index (Phi) is 3.33. The maximum absolute atomic E-state index is 11.9. The molecule has 0 saturated heterocycles. The monoisotopic (exact) mass is 259 g/mol. The number of nitro groups is 1. The van der Waals surface area contributed by atoms with Gasteiger partial charge in [0, 0.05) is 24.0 Å². The predicted octanol–water partition coefficient (Wildman–Crippen LogP) is 1.22. The summed E-state index contributed by atoms with van der Waals surface area (Å²) in [5.74, 6) is -0.347. The first-order valence-corrected chi connectivity index (χ1v) is 5.21. The van der Waals surface area contributed by atoms with Crippen molar-refractivity contribution in [1.29, 1.82) is 0 Å². The van der Waals surface area contributed by atoms with E-state index in [1.54, 1.807) is 12.1 Å². The molecule has 0 aliphatic heterocycles. The number of nitrogens with zero attached hydrogens (tertiary/aromatic N) is 3. The lowest BCUT2D eigenvalue weighted by Gasteiger charge is -2.06.